The van der Waals surface area contributed by atoms with E-state index in [1.54, 1.807) is 0 Å². The largest absolute Gasteiger partial charge is 0.354 e. The number of hydrogen-bond donors (Lipinski definition) is 0. The van der Waals surface area contributed by atoms with E-state index in [2.05, 4.69) is 34.2 Å². The molecule has 158 valence electrons. The van der Waals surface area contributed by atoms with Crippen molar-refractivity contribution in [1.82, 2.24) is 10.2 Å². The fourth-order valence-corrected chi connectivity index (χ4v) is 4.88. The molecule has 0 aliphatic carbocycles. The molecule has 3 heterocycles. The second-order valence-electron chi connectivity index (χ2n) is 8.46. The number of para-hydroxylation sites is 1. The standard InChI is InChI=1S/C25H25ClN4O/c1-17-15-19-5-2-3-7-23(19)30(17)25(31)20-6-4-14-29(16-20)24-13-12-22(27-28-24)18-8-10-21(26)11-9-18/h2-3,5,7-13,17,20H,4,6,14-16H2,1H3. The lowest BCUT2D eigenvalue weighted by molar-refractivity contribution is -0.122. The van der Waals surface area contributed by atoms with Crippen LogP contribution in [-0.4, -0.2) is 35.2 Å². The number of hydrogen-bond acceptors (Lipinski definition) is 4. The summed E-state index contributed by atoms with van der Waals surface area (Å²) in [5.41, 5.74) is 4.13. The average Bonchev–Trinajstić information content (AvgIpc) is 3.15. The van der Waals surface area contributed by atoms with Gasteiger partial charge in [-0.3, -0.25) is 4.79 Å². The maximum atomic E-state index is 13.5. The van der Waals surface area contributed by atoms with Gasteiger partial charge in [-0.15, -0.1) is 10.2 Å². The first kappa shape index (κ1) is 20.0. The van der Waals surface area contributed by atoms with Gasteiger partial charge in [0.1, 0.15) is 0 Å². The lowest BCUT2D eigenvalue weighted by atomic mass is 9.96. The van der Waals surface area contributed by atoms with Crippen LogP contribution in [0.1, 0.15) is 25.3 Å². The number of nitrogens with zero attached hydrogens (tertiary/aromatic N) is 4. The topological polar surface area (TPSA) is 49.3 Å². The highest BCUT2D eigenvalue weighted by atomic mass is 35.5. The van der Waals surface area contributed by atoms with Gasteiger partial charge in [-0.05, 0) is 62.1 Å². The second-order valence-corrected chi connectivity index (χ2v) is 8.90. The quantitative estimate of drug-likeness (QED) is 0.585. The highest BCUT2D eigenvalue weighted by molar-refractivity contribution is 6.30. The number of piperidine rings is 1. The molecule has 2 aliphatic heterocycles. The molecule has 0 bridgehead atoms. The number of amides is 1. The first-order chi connectivity index (χ1) is 15.1. The molecule has 1 fully saturated rings. The van der Waals surface area contributed by atoms with Crippen LogP contribution in [0.3, 0.4) is 0 Å². The Balaban J connectivity index is 1.31. The molecule has 2 aliphatic rings. The number of carbonyl (C=O) groups excluding carboxylic acids is 1. The van der Waals surface area contributed by atoms with Crippen molar-refractivity contribution < 1.29 is 4.79 Å². The summed E-state index contributed by atoms with van der Waals surface area (Å²) in [6.07, 6.45) is 2.81. The Labute approximate surface area is 187 Å². The number of aromatic nitrogens is 2. The maximum absolute atomic E-state index is 13.5. The van der Waals surface area contributed by atoms with Crippen LogP contribution in [0.2, 0.25) is 5.02 Å². The predicted molar refractivity (Wildman–Crippen MR) is 125 cm³/mol. The number of anilines is 2. The van der Waals surface area contributed by atoms with E-state index in [4.69, 9.17) is 11.6 Å². The van der Waals surface area contributed by atoms with Crippen LogP contribution in [0, 0.1) is 5.92 Å². The molecule has 0 spiro atoms. The summed E-state index contributed by atoms with van der Waals surface area (Å²) in [4.78, 5) is 17.7. The molecule has 3 aromatic rings. The minimum atomic E-state index is -0.0277. The Morgan fingerprint density at radius 2 is 1.84 bits per heavy atom. The van der Waals surface area contributed by atoms with Crippen LogP contribution in [0.4, 0.5) is 11.5 Å². The number of benzene rings is 2. The van der Waals surface area contributed by atoms with E-state index in [1.165, 1.54) is 5.56 Å². The van der Waals surface area contributed by atoms with E-state index in [0.717, 1.165) is 48.6 Å². The zero-order valence-corrected chi connectivity index (χ0v) is 18.3. The van der Waals surface area contributed by atoms with Crippen LogP contribution in [0.15, 0.2) is 60.7 Å². The number of rotatable bonds is 3. The zero-order chi connectivity index (χ0) is 21.4. The van der Waals surface area contributed by atoms with Crippen molar-refractivity contribution in [2.24, 2.45) is 5.92 Å². The van der Waals surface area contributed by atoms with Gasteiger partial charge in [0.2, 0.25) is 5.91 Å². The molecular weight excluding hydrogens is 408 g/mol. The van der Waals surface area contributed by atoms with Gasteiger partial charge in [0.05, 0.1) is 11.6 Å². The van der Waals surface area contributed by atoms with E-state index >= 15 is 0 Å². The lowest BCUT2D eigenvalue weighted by Crippen LogP contribution is -2.47. The average molecular weight is 433 g/mol. The highest BCUT2D eigenvalue weighted by Gasteiger charge is 2.36. The van der Waals surface area contributed by atoms with Crippen molar-refractivity contribution in [3.8, 4) is 11.3 Å². The van der Waals surface area contributed by atoms with Crippen LogP contribution in [0.5, 0.6) is 0 Å². The Hall–Kier alpha value is -2.92. The van der Waals surface area contributed by atoms with Crippen LogP contribution in [0.25, 0.3) is 11.3 Å². The van der Waals surface area contributed by atoms with Crippen LogP contribution >= 0.6 is 11.6 Å². The summed E-state index contributed by atoms with van der Waals surface area (Å²) >= 11 is 5.98. The summed E-state index contributed by atoms with van der Waals surface area (Å²) in [7, 11) is 0. The summed E-state index contributed by atoms with van der Waals surface area (Å²) < 4.78 is 0. The Bertz CT molecular complexity index is 1080. The molecule has 0 N–H and O–H groups in total. The molecular formula is C25H25ClN4O. The molecule has 31 heavy (non-hydrogen) atoms. The molecule has 1 aromatic heterocycles. The molecule has 1 saturated heterocycles. The molecule has 2 atom stereocenters. The summed E-state index contributed by atoms with van der Waals surface area (Å²) in [5, 5.41) is 9.58. The fourth-order valence-electron chi connectivity index (χ4n) is 4.75. The van der Waals surface area contributed by atoms with E-state index in [-0.39, 0.29) is 17.9 Å². The van der Waals surface area contributed by atoms with Gasteiger partial charge in [-0.1, -0.05) is 41.9 Å². The van der Waals surface area contributed by atoms with Gasteiger partial charge >= 0.3 is 0 Å². The van der Waals surface area contributed by atoms with Crippen molar-refractivity contribution in [2.75, 3.05) is 22.9 Å². The van der Waals surface area contributed by atoms with Crippen molar-refractivity contribution in [2.45, 2.75) is 32.2 Å². The second kappa shape index (κ2) is 8.31. The number of fused-ring (bicyclic) bond motifs is 1. The normalized spacial score (nSPS) is 20.6. The minimum Gasteiger partial charge on any atom is -0.354 e. The Kier molecular flexibility index (Phi) is 5.36. The third-order valence-corrected chi connectivity index (χ3v) is 6.58. The molecule has 2 aromatic carbocycles. The summed E-state index contributed by atoms with van der Waals surface area (Å²) in [6.45, 7) is 3.71. The molecule has 0 radical (unpaired) electrons. The molecule has 6 heteroatoms. The van der Waals surface area contributed by atoms with E-state index < -0.39 is 0 Å². The Morgan fingerprint density at radius 3 is 2.61 bits per heavy atom. The highest BCUT2D eigenvalue weighted by Crippen LogP contribution is 2.34. The van der Waals surface area contributed by atoms with Gasteiger partial charge in [0.15, 0.2) is 5.82 Å². The molecule has 0 saturated carbocycles. The van der Waals surface area contributed by atoms with Gasteiger partial charge in [0.25, 0.3) is 0 Å². The lowest BCUT2D eigenvalue weighted by Gasteiger charge is -2.35. The van der Waals surface area contributed by atoms with Crippen molar-refractivity contribution in [1.29, 1.82) is 0 Å². The molecule has 5 nitrogen and oxygen atoms in total. The van der Waals surface area contributed by atoms with Gasteiger partial charge < -0.3 is 9.80 Å². The van der Waals surface area contributed by atoms with Crippen LogP contribution < -0.4 is 9.80 Å². The van der Waals surface area contributed by atoms with Gasteiger partial charge in [0, 0.05) is 35.4 Å². The van der Waals surface area contributed by atoms with Crippen molar-refractivity contribution in [3.63, 3.8) is 0 Å². The third kappa shape index (κ3) is 3.90. The minimum absolute atomic E-state index is 0.0277. The van der Waals surface area contributed by atoms with Gasteiger partial charge in [-0.25, -0.2) is 0 Å². The molecule has 5 rings (SSSR count). The first-order valence-electron chi connectivity index (χ1n) is 10.9. The first-order valence-corrected chi connectivity index (χ1v) is 11.2. The fraction of sp³-hybridized carbons (Fsp3) is 0.320. The number of halogens is 1. The smallest absolute Gasteiger partial charge is 0.232 e. The van der Waals surface area contributed by atoms with Crippen LogP contribution in [-0.2, 0) is 11.2 Å². The van der Waals surface area contributed by atoms with Crippen molar-refractivity contribution in [3.05, 3.63) is 71.2 Å². The maximum Gasteiger partial charge on any atom is 0.232 e. The van der Waals surface area contributed by atoms with Crippen molar-refractivity contribution >= 4 is 29.0 Å². The van der Waals surface area contributed by atoms with E-state index in [1.807, 2.05) is 53.4 Å². The zero-order valence-electron chi connectivity index (χ0n) is 17.5. The molecule has 1 amide bonds. The SMILES string of the molecule is CC1Cc2ccccc2N1C(=O)C1CCCN(c2ccc(-c3ccc(Cl)cc3)nn2)C1. The Morgan fingerprint density at radius 1 is 1.03 bits per heavy atom. The monoisotopic (exact) mass is 432 g/mol. The summed E-state index contributed by atoms with van der Waals surface area (Å²) in [6, 6.07) is 20.0. The summed E-state index contributed by atoms with van der Waals surface area (Å²) in [5.74, 6) is 1.03. The molecule has 2 unspecified atom stereocenters. The number of carbonyl (C=O) groups is 1. The third-order valence-electron chi connectivity index (χ3n) is 6.33. The van der Waals surface area contributed by atoms with Gasteiger partial charge in [-0.2, -0.15) is 0 Å². The van der Waals surface area contributed by atoms with E-state index in [0.29, 0.717) is 11.6 Å². The van der Waals surface area contributed by atoms with E-state index in [9.17, 15) is 4.79 Å². The predicted octanol–water partition coefficient (Wildman–Crippen LogP) is 4.99.